The maximum absolute atomic E-state index is 10.8. The third kappa shape index (κ3) is 3.26. The van der Waals surface area contributed by atoms with E-state index in [1.807, 2.05) is 45.2 Å². The minimum Gasteiger partial charge on any atom is -0.508 e. The molecule has 1 aromatic rings. The Kier molecular flexibility index (Phi) is 3.99. The van der Waals surface area contributed by atoms with Crippen LogP contribution in [0.4, 0.5) is 0 Å². The smallest absolute Gasteiger partial charge is 0.330 e. The normalized spacial score (nSPS) is 11.3. The Morgan fingerprint density at radius 1 is 1.29 bits per heavy atom. The van der Waals surface area contributed by atoms with E-state index in [0.29, 0.717) is 6.42 Å². The van der Waals surface area contributed by atoms with E-state index >= 15 is 0 Å². The fourth-order valence-corrected chi connectivity index (χ4v) is 1.83. The zero-order valence-electron chi connectivity index (χ0n) is 7.08. The summed E-state index contributed by atoms with van der Waals surface area (Å²) in [4.78, 5) is 10.8. The van der Waals surface area contributed by atoms with Gasteiger partial charge in [-0.2, -0.15) is 0 Å². The van der Waals surface area contributed by atoms with Gasteiger partial charge in [-0.15, -0.1) is 0 Å². The summed E-state index contributed by atoms with van der Waals surface area (Å²) >= 11 is 3.80. The van der Waals surface area contributed by atoms with E-state index in [9.17, 15) is 4.79 Å². The molecule has 0 aliphatic heterocycles. The topological polar surface area (TPSA) is 57.5 Å². The number of phenols is 1. The Labute approximate surface area is 109 Å². The summed E-state index contributed by atoms with van der Waals surface area (Å²) in [5.41, 5.74) is 0.897. The van der Waals surface area contributed by atoms with E-state index in [4.69, 9.17) is 10.2 Å². The van der Waals surface area contributed by atoms with Gasteiger partial charge in [-0.3, -0.25) is 0 Å². The molecule has 1 aromatic carbocycles. The van der Waals surface area contributed by atoms with Crippen LogP contribution in [-0.4, -0.2) is 17.6 Å². The van der Waals surface area contributed by atoms with Crippen molar-refractivity contribution in [2.24, 2.45) is 0 Å². The summed E-state index contributed by atoms with van der Waals surface area (Å²) in [5, 5.41) is 17.9. The molecular weight excluding hydrogens is 410 g/mol. The predicted molar refractivity (Wildman–Crippen MR) is 70.2 cm³/mol. The number of carboxylic acid groups (broad SMARTS) is 1. The van der Waals surface area contributed by atoms with Gasteiger partial charge < -0.3 is 10.2 Å². The fraction of sp³-hybridized carbons (Fsp3) is 0.222. The van der Waals surface area contributed by atoms with Crippen molar-refractivity contribution in [3.63, 3.8) is 0 Å². The van der Waals surface area contributed by atoms with Crippen LogP contribution in [0.1, 0.15) is 5.56 Å². The number of carbonyl (C=O) groups is 1. The highest BCUT2D eigenvalue weighted by Gasteiger charge is 2.31. The maximum Gasteiger partial charge on any atom is 0.330 e. The lowest BCUT2D eigenvalue weighted by Gasteiger charge is -2.14. The maximum atomic E-state index is 10.8. The van der Waals surface area contributed by atoms with Gasteiger partial charge in [0.05, 0.1) is 0 Å². The first-order chi connectivity index (χ1) is 6.42. The lowest BCUT2D eigenvalue weighted by molar-refractivity contribution is -0.136. The molecule has 0 atom stereocenters. The van der Waals surface area contributed by atoms with Crippen LogP contribution in [0.2, 0.25) is 0 Å². The van der Waals surface area contributed by atoms with Crippen LogP contribution in [0, 0.1) is 0 Å². The standard InChI is InChI=1S/C9H8I2O3/c10-9(11,8(13)14)5-6-1-3-7(12)4-2-6/h1-4,12H,5H2,(H,13,14). The van der Waals surface area contributed by atoms with E-state index in [2.05, 4.69) is 0 Å². The Balaban J connectivity index is 2.79. The van der Waals surface area contributed by atoms with Gasteiger partial charge in [-0.1, -0.05) is 57.3 Å². The van der Waals surface area contributed by atoms with Crippen molar-refractivity contribution < 1.29 is 15.0 Å². The van der Waals surface area contributed by atoms with E-state index < -0.39 is 7.40 Å². The minimum absolute atomic E-state index is 0.191. The zero-order valence-corrected chi connectivity index (χ0v) is 11.4. The van der Waals surface area contributed by atoms with Gasteiger partial charge in [0.2, 0.25) is 0 Å². The predicted octanol–water partition coefficient (Wildman–Crippen LogP) is 2.59. The third-order valence-corrected chi connectivity index (χ3v) is 3.36. The minimum atomic E-state index is -0.841. The highest BCUT2D eigenvalue weighted by atomic mass is 127. The monoisotopic (exact) mass is 418 g/mol. The number of benzene rings is 1. The van der Waals surface area contributed by atoms with Gasteiger partial charge in [0.15, 0.2) is 1.43 Å². The van der Waals surface area contributed by atoms with Crippen molar-refractivity contribution in [1.82, 2.24) is 0 Å². The summed E-state index contributed by atoms with van der Waals surface area (Å²) < 4.78 is -0.827. The van der Waals surface area contributed by atoms with Crippen LogP contribution < -0.4 is 0 Å². The molecule has 0 radical (unpaired) electrons. The van der Waals surface area contributed by atoms with Gasteiger partial charge in [0, 0.05) is 6.42 Å². The molecule has 0 fully saturated rings. The summed E-state index contributed by atoms with van der Waals surface area (Å²) in [5.74, 6) is -0.650. The van der Waals surface area contributed by atoms with Gasteiger partial charge >= 0.3 is 5.97 Å². The van der Waals surface area contributed by atoms with Gasteiger partial charge in [-0.05, 0) is 17.7 Å². The second-order valence-corrected chi connectivity index (χ2v) is 8.60. The summed E-state index contributed by atoms with van der Waals surface area (Å²) in [6.07, 6.45) is 0.434. The van der Waals surface area contributed by atoms with E-state index in [1.54, 1.807) is 24.3 Å². The average Bonchev–Trinajstić information content (AvgIpc) is 2.08. The second kappa shape index (κ2) is 4.65. The van der Waals surface area contributed by atoms with Crippen LogP contribution in [-0.2, 0) is 11.2 Å². The Bertz CT molecular complexity index is 332. The highest BCUT2D eigenvalue weighted by molar-refractivity contribution is 14.2. The number of hydrogen-bond acceptors (Lipinski definition) is 2. The number of hydrogen-bond donors (Lipinski definition) is 2. The van der Waals surface area contributed by atoms with Crippen molar-refractivity contribution in [3.8, 4) is 5.75 Å². The molecule has 76 valence electrons. The Morgan fingerprint density at radius 2 is 1.79 bits per heavy atom. The largest absolute Gasteiger partial charge is 0.508 e. The molecule has 0 unspecified atom stereocenters. The summed E-state index contributed by atoms with van der Waals surface area (Å²) in [6, 6.07) is 6.57. The number of phenolic OH excluding ortho intramolecular Hbond substituents is 1. The molecule has 14 heavy (non-hydrogen) atoms. The van der Waals surface area contributed by atoms with Gasteiger partial charge in [-0.25, -0.2) is 4.79 Å². The van der Waals surface area contributed by atoms with Crippen LogP contribution in [0.25, 0.3) is 0 Å². The first kappa shape index (κ1) is 12.0. The molecule has 0 aliphatic rings. The molecule has 3 nitrogen and oxygen atoms in total. The molecule has 0 heterocycles. The van der Waals surface area contributed by atoms with Crippen molar-refractivity contribution >= 4 is 51.2 Å². The fourth-order valence-electron chi connectivity index (χ4n) is 0.946. The molecule has 2 N–H and O–H groups in total. The van der Waals surface area contributed by atoms with E-state index in [1.165, 1.54) is 0 Å². The number of alkyl halides is 2. The van der Waals surface area contributed by atoms with Crippen molar-refractivity contribution in [3.05, 3.63) is 29.8 Å². The SMILES string of the molecule is O=C(O)C(I)(I)Cc1ccc(O)cc1. The van der Waals surface area contributed by atoms with Gasteiger partial charge in [0.25, 0.3) is 0 Å². The van der Waals surface area contributed by atoms with Crippen molar-refractivity contribution in [1.29, 1.82) is 0 Å². The van der Waals surface area contributed by atoms with E-state index in [-0.39, 0.29) is 5.75 Å². The van der Waals surface area contributed by atoms with Crippen LogP contribution in [0.5, 0.6) is 5.75 Å². The number of rotatable bonds is 3. The van der Waals surface area contributed by atoms with Crippen molar-refractivity contribution in [2.75, 3.05) is 0 Å². The summed E-state index contributed by atoms with van der Waals surface area (Å²) in [6.45, 7) is 0. The molecule has 1 rings (SSSR count). The molecule has 0 aliphatic carbocycles. The molecule has 0 bridgehead atoms. The second-order valence-electron chi connectivity index (χ2n) is 2.85. The number of carboxylic acids is 1. The third-order valence-electron chi connectivity index (χ3n) is 1.68. The zero-order chi connectivity index (χ0) is 10.8. The molecular formula is C9H8I2O3. The molecule has 0 spiro atoms. The molecule has 0 saturated heterocycles. The molecule has 0 saturated carbocycles. The molecule has 0 amide bonds. The lowest BCUT2D eigenvalue weighted by Crippen LogP contribution is -2.26. The Morgan fingerprint density at radius 3 is 2.21 bits per heavy atom. The molecule has 5 heteroatoms. The lowest BCUT2D eigenvalue weighted by atomic mass is 10.1. The summed E-state index contributed by atoms with van der Waals surface area (Å²) in [7, 11) is 0. The van der Waals surface area contributed by atoms with Crippen LogP contribution >= 0.6 is 45.2 Å². The van der Waals surface area contributed by atoms with Crippen molar-refractivity contribution in [2.45, 2.75) is 7.85 Å². The Hall–Kier alpha value is -0.0500. The number of halogens is 2. The quantitative estimate of drug-likeness (QED) is 0.587. The number of aliphatic carboxylic acids is 1. The van der Waals surface area contributed by atoms with E-state index in [0.717, 1.165) is 5.56 Å². The van der Waals surface area contributed by atoms with Crippen LogP contribution in [0.15, 0.2) is 24.3 Å². The highest BCUT2D eigenvalue weighted by Crippen LogP contribution is 2.32. The van der Waals surface area contributed by atoms with Crippen LogP contribution in [0.3, 0.4) is 0 Å². The average molecular weight is 418 g/mol. The van der Waals surface area contributed by atoms with Gasteiger partial charge in [0.1, 0.15) is 5.75 Å². The first-order valence-corrected chi connectivity index (χ1v) is 5.97. The number of aromatic hydroxyl groups is 1. The molecule has 0 aromatic heterocycles. The first-order valence-electron chi connectivity index (χ1n) is 3.81.